The molecule has 0 aliphatic rings. The van der Waals surface area contributed by atoms with E-state index >= 15 is 0 Å². The minimum absolute atomic E-state index is 0.102. The van der Waals surface area contributed by atoms with E-state index in [2.05, 4.69) is 10.6 Å². The Bertz CT molecular complexity index is 418. The molecule has 5 nitrogen and oxygen atoms in total. The summed E-state index contributed by atoms with van der Waals surface area (Å²) in [5, 5.41) is 6.10. The van der Waals surface area contributed by atoms with Gasteiger partial charge in [-0.05, 0) is 38.5 Å². The van der Waals surface area contributed by atoms with Crippen LogP contribution in [0.1, 0.15) is 26.3 Å². The summed E-state index contributed by atoms with van der Waals surface area (Å²) < 4.78 is 10.6. The molecular formula is C16H26N2O3. The normalized spacial score (nSPS) is 12.2. The van der Waals surface area contributed by atoms with E-state index in [-0.39, 0.29) is 11.9 Å². The van der Waals surface area contributed by atoms with Crippen LogP contribution in [0.3, 0.4) is 0 Å². The van der Waals surface area contributed by atoms with Gasteiger partial charge in [0.15, 0.2) is 6.10 Å². The highest BCUT2D eigenvalue weighted by atomic mass is 16.5. The summed E-state index contributed by atoms with van der Waals surface area (Å²) in [5.74, 6) is 0.595. The van der Waals surface area contributed by atoms with Crippen molar-refractivity contribution in [3.63, 3.8) is 0 Å². The van der Waals surface area contributed by atoms with Gasteiger partial charge < -0.3 is 20.1 Å². The third kappa shape index (κ3) is 7.11. The molecule has 21 heavy (non-hydrogen) atoms. The number of hydrogen-bond donors (Lipinski definition) is 2. The van der Waals surface area contributed by atoms with Gasteiger partial charge in [0.1, 0.15) is 5.75 Å². The Kier molecular flexibility index (Phi) is 7.79. The fraction of sp³-hybridized carbons (Fsp3) is 0.562. The van der Waals surface area contributed by atoms with Crippen molar-refractivity contribution in [2.75, 3.05) is 20.3 Å². The molecule has 0 heterocycles. The highest BCUT2D eigenvalue weighted by Gasteiger charge is 2.15. The van der Waals surface area contributed by atoms with Crippen LogP contribution in [0.5, 0.6) is 5.75 Å². The molecule has 0 saturated carbocycles. The van der Waals surface area contributed by atoms with Crippen molar-refractivity contribution in [3.05, 3.63) is 29.8 Å². The van der Waals surface area contributed by atoms with Gasteiger partial charge in [-0.2, -0.15) is 0 Å². The Hall–Kier alpha value is -1.59. The van der Waals surface area contributed by atoms with Crippen LogP contribution < -0.4 is 15.4 Å². The monoisotopic (exact) mass is 294 g/mol. The van der Waals surface area contributed by atoms with E-state index in [0.717, 1.165) is 18.7 Å². The topological polar surface area (TPSA) is 59.6 Å². The minimum atomic E-state index is -0.502. The van der Waals surface area contributed by atoms with E-state index in [1.54, 1.807) is 14.0 Å². The number of benzene rings is 1. The lowest BCUT2D eigenvalue weighted by Gasteiger charge is -2.16. The van der Waals surface area contributed by atoms with Crippen molar-refractivity contribution in [2.24, 2.45) is 0 Å². The first-order valence-electron chi connectivity index (χ1n) is 7.28. The Morgan fingerprint density at radius 2 is 1.86 bits per heavy atom. The molecule has 1 amide bonds. The zero-order chi connectivity index (χ0) is 15.7. The van der Waals surface area contributed by atoms with Crippen LogP contribution in [-0.4, -0.2) is 38.3 Å². The van der Waals surface area contributed by atoms with Crippen LogP contribution in [-0.2, 0) is 16.1 Å². The van der Waals surface area contributed by atoms with Crippen molar-refractivity contribution >= 4 is 5.91 Å². The standard InChI is InChI=1S/C16H26N2O3/c1-12(2)18-16(19)13(3)21-15-7-5-14(6-8-15)11-17-9-10-20-4/h5-8,12-13,17H,9-11H2,1-4H3,(H,18,19). The molecule has 0 aromatic heterocycles. The number of hydrogen-bond acceptors (Lipinski definition) is 4. The van der Waals surface area contributed by atoms with Gasteiger partial charge in [-0.25, -0.2) is 0 Å². The highest BCUT2D eigenvalue weighted by molar-refractivity contribution is 5.80. The summed E-state index contributed by atoms with van der Waals surface area (Å²) in [6.45, 7) is 7.90. The van der Waals surface area contributed by atoms with Gasteiger partial charge in [-0.1, -0.05) is 12.1 Å². The third-order valence-corrected chi connectivity index (χ3v) is 2.85. The molecule has 0 aliphatic heterocycles. The second-order valence-electron chi connectivity index (χ2n) is 5.24. The molecule has 0 fully saturated rings. The molecule has 0 bridgehead atoms. The molecule has 0 radical (unpaired) electrons. The number of nitrogens with one attached hydrogen (secondary N) is 2. The predicted octanol–water partition coefficient (Wildman–Crippen LogP) is 1.71. The first-order chi connectivity index (χ1) is 10.0. The Balaban J connectivity index is 2.41. The fourth-order valence-corrected chi connectivity index (χ4v) is 1.75. The van der Waals surface area contributed by atoms with Gasteiger partial charge in [0.2, 0.25) is 0 Å². The third-order valence-electron chi connectivity index (χ3n) is 2.85. The molecule has 0 saturated heterocycles. The summed E-state index contributed by atoms with van der Waals surface area (Å²) >= 11 is 0. The average molecular weight is 294 g/mol. The Morgan fingerprint density at radius 3 is 2.43 bits per heavy atom. The lowest BCUT2D eigenvalue weighted by molar-refractivity contribution is -0.127. The van der Waals surface area contributed by atoms with Gasteiger partial charge in [0.05, 0.1) is 6.61 Å². The SMILES string of the molecule is COCCNCc1ccc(OC(C)C(=O)NC(C)C)cc1. The average Bonchev–Trinajstić information content (AvgIpc) is 2.44. The summed E-state index contributed by atoms with van der Waals surface area (Å²) in [4.78, 5) is 11.8. The Morgan fingerprint density at radius 1 is 1.19 bits per heavy atom. The van der Waals surface area contributed by atoms with E-state index in [1.165, 1.54) is 0 Å². The summed E-state index contributed by atoms with van der Waals surface area (Å²) in [6.07, 6.45) is -0.502. The molecule has 118 valence electrons. The molecule has 1 aromatic carbocycles. The number of amides is 1. The number of ether oxygens (including phenoxy) is 2. The number of rotatable bonds is 9. The number of carbonyl (C=O) groups excluding carboxylic acids is 1. The fourth-order valence-electron chi connectivity index (χ4n) is 1.75. The van der Waals surface area contributed by atoms with Crippen LogP contribution in [0, 0.1) is 0 Å². The number of carbonyl (C=O) groups is 1. The van der Waals surface area contributed by atoms with Crippen LogP contribution in [0.15, 0.2) is 24.3 Å². The van der Waals surface area contributed by atoms with E-state index in [4.69, 9.17) is 9.47 Å². The zero-order valence-electron chi connectivity index (χ0n) is 13.3. The summed E-state index contributed by atoms with van der Waals surface area (Å²) in [6, 6.07) is 7.85. The van der Waals surface area contributed by atoms with E-state index in [9.17, 15) is 4.79 Å². The van der Waals surface area contributed by atoms with Crippen LogP contribution in [0.25, 0.3) is 0 Å². The van der Waals surface area contributed by atoms with Gasteiger partial charge in [-0.15, -0.1) is 0 Å². The molecule has 5 heteroatoms. The van der Waals surface area contributed by atoms with E-state index in [0.29, 0.717) is 12.4 Å². The van der Waals surface area contributed by atoms with Gasteiger partial charge in [0.25, 0.3) is 5.91 Å². The minimum Gasteiger partial charge on any atom is -0.481 e. The second kappa shape index (κ2) is 9.37. The maximum Gasteiger partial charge on any atom is 0.260 e. The summed E-state index contributed by atoms with van der Waals surface area (Å²) in [5.41, 5.74) is 1.16. The lowest BCUT2D eigenvalue weighted by Crippen LogP contribution is -2.40. The van der Waals surface area contributed by atoms with Gasteiger partial charge >= 0.3 is 0 Å². The maximum atomic E-state index is 11.8. The van der Waals surface area contributed by atoms with Crippen LogP contribution in [0.2, 0.25) is 0 Å². The van der Waals surface area contributed by atoms with Crippen molar-refractivity contribution in [1.82, 2.24) is 10.6 Å². The van der Waals surface area contributed by atoms with Crippen molar-refractivity contribution in [1.29, 1.82) is 0 Å². The van der Waals surface area contributed by atoms with E-state index < -0.39 is 6.10 Å². The molecule has 1 rings (SSSR count). The summed E-state index contributed by atoms with van der Waals surface area (Å²) in [7, 11) is 1.68. The largest absolute Gasteiger partial charge is 0.481 e. The van der Waals surface area contributed by atoms with Crippen LogP contribution in [0.4, 0.5) is 0 Å². The first kappa shape index (κ1) is 17.5. The first-order valence-corrected chi connectivity index (χ1v) is 7.28. The Labute approximate surface area is 127 Å². The smallest absolute Gasteiger partial charge is 0.260 e. The molecule has 1 aromatic rings. The highest BCUT2D eigenvalue weighted by Crippen LogP contribution is 2.14. The quantitative estimate of drug-likeness (QED) is 0.681. The van der Waals surface area contributed by atoms with Gasteiger partial charge in [-0.3, -0.25) is 4.79 Å². The molecular weight excluding hydrogens is 268 g/mol. The van der Waals surface area contributed by atoms with Gasteiger partial charge in [0, 0.05) is 26.2 Å². The number of methoxy groups -OCH3 is 1. The predicted molar refractivity (Wildman–Crippen MR) is 83.4 cm³/mol. The molecule has 1 atom stereocenters. The zero-order valence-corrected chi connectivity index (χ0v) is 13.3. The van der Waals surface area contributed by atoms with Crippen molar-refractivity contribution < 1.29 is 14.3 Å². The van der Waals surface area contributed by atoms with Crippen molar-refractivity contribution in [3.8, 4) is 5.75 Å². The van der Waals surface area contributed by atoms with E-state index in [1.807, 2.05) is 38.1 Å². The molecule has 2 N–H and O–H groups in total. The second-order valence-corrected chi connectivity index (χ2v) is 5.24. The molecule has 1 unspecified atom stereocenters. The molecule has 0 spiro atoms. The maximum absolute atomic E-state index is 11.8. The lowest BCUT2D eigenvalue weighted by atomic mass is 10.2. The van der Waals surface area contributed by atoms with Crippen molar-refractivity contribution in [2.45, 2.75) is 39.5 Å². The van der Waals surface area contributed by atoms with Crippen LogP contribution >= 0.6 is 0 Å². The molecule has 0 aliphatic carbocycles.